The van der Waals surface area contributed by atoms with Crippen molar-refractivity contribution in [2.45, 2.75) is 19.8 Å². The maximum absolute atomic E-state index is 6.36. The molecular formula is C5H10N2. The molecule has 0 radical (unpaired) electrons. The minimum atomic E-state index is 0.764. The Morgan fingerprint density at radius 2 is 2.43 bits per heavy atom. The van der Waals surface area contributed by atoms with Gasteiger partial charge in [-0.25, -0.2) is 10.4 Å². The fourth-order valence-electron chi connectivity index (χ4n) is 0.293. The van der Waals surface area contributed by atoms with E-state index in [1.54, 1.807) is 0 Å². The molecule has 0 fully saturated rings. The molecule has 0 bridgehead atoms. The summed E-state index contributed by atoms with van der Waals surface area (Å²) in [6.45, 7) is 2.86. The van der Waals surface area contributed by atoms with Gasteiger partial charge in [0.2, 0.25) is 0 Å². The van der Waals surface area contributed by atoms with Crippen molar-refractivity contribution in [3.05, 3.63) is 0 Å². The van der Waals surface area contributed by atoms with Crippen LogP contribution < -0.4 is 0 Å². The molecule has 0 atom stereocenters. The summed E-state index contributed by atoms with van der Waals surface area (Å²) >= 11 is 0. The number of hydrogen-bond acceptors (Lipinski definition) is 2. The molecule has 0 rings (SSSR count). The Balaban J connectivity index is 2.83. The SMILES string of the molecule is CCCCN=C=N. The van der Waals surface area contributed by atoms with E-state index in [4.69, 9.17) is 5.41 Å². The Hall–Kier alpha value is -0.620. The molecule has 1 N–H and O–H groups in total. The third-order valence-corrected chi connectivity index (χ3v) is 0.703. The van der Waals surface area contributed by atoms with Crippen LogP contribution in [0.25, 0.3) is 0 Å². The lowest BCUT2D eigenvalue weighted by atomic mass is 10.3. The highest BCUT2D eigenvalue weighted by Gasteiger charge is 1.73. The van der Waals surface area contributed by atoms with Crippen LogP contribution in [-0.2, 0) is 0 Å². The van der Waals surface area contributed by atoms with Crippen molar-refractivity contribution in [1.29, 1.82) is 5.41 Å². The van der Waals surface area contributed by atoms with E-state index in [0.717, 1.165) is 19.4 Å². The Bertz CT molecular complexity index is 72.1. The molecule has 0 aromatic heterocycles. The third kappa shape index (κ3) is 5.38. The molecule has 0 aliphatic carbocycles. The predicted molar refractivity (Wildman–Crippen MR) is 29.9 cm³/mol. The van der Waals surface area contributed by atoms with Crippen molar-refractivity contribution >= 4 is 6.01 Å². The van der Waals surface area contributed by atoms with Gasteiger partial charge < -0.3 is 0 Å². The van der Waals surface area contributed by atoms with Gasteiger partial charge in [0, 0.05) is 6.54 Å². The van der Waals surface area contributed by atoms with Crippen molar-refractivity contribution in [2.75, 3.05) is 6.54 Å². The molecule has 0 saturated carbocycles. The zero-order valence-electron chi connectivity index (χ0n) is 4.57. The van der Waals surface area contributed by atoms with Crippen molar-refractivity contribution in [1.82, 2.24) is 0 Å². The fourth-order valence-corrected chi connectivity index (χ4v) is 0.293. The van der Waals surface area contributed by atoms with Gasteiger partial charge in [0.25, 0.3) is 0 Å². The first-order valence-corrected chi connectivity index (χ1v) is 2.50. The number of aliphatic imine (C=N–C) groups is 1. The zero-order valence-corrected chi connectivity index (χ0v) is 4.57. The van der Waals surface area contributed by atoms with E-state index in [9.17, 15) is 0 Å². The maximum Gasteiger partial charge on any atom is 0.0861 e. The van der Waals surface area contributed by atoms with Crippen LogP contribution in [0.1, 0.15) is 19.8 Å². The molecule has 7 heavy (non-hydrogen) atoms. The van der Waals surface area contributed by atoms with Crippen LogP contribution in [0, 0.1) is 5.41 Å². The van der Waals surface area contributed by atoms with E-state index in [1.165, 1.54) is 0 Å². The van der Waals surface area contributed by atoms with E-state index in [0.29, 0.717) is 0 Å². The van der Waals surface area contributed by atoms with Crippen LogP contribution in [0.15, 0.2) is 4.99 Å². The highest BCUT2D eigenvalue weighted by Crippen LogP contribution is 1.83. The smallest absolute Gasteiger partial charge is 0.0861 e. The first kappa shape index (κ1) is 6.38. The van der Waals surface area contributed by atoms with Crippen LogP contribution in [0.3, 0.4) is 0 Å². The van der Waals surface area contributed by atoms with Crippen molar-refractivity contribution in [2.24, 2.45) is 4.99 Å². The minimum absolute atomic E-state index is 0.764. The second-order valence-corrected chi connectivity index (χ2v) is 1.35. The summed E-state index contributed by atoms with van der Waals surface area (Å²) in [5, 5.41) is 6.36. The van der Waals surface area contributed by atoms with E-state index < -0.39 is 0 Å². The average molecular weight is 98.1 g/mol. The van der Waals surface area contributed by atoms with Gasteiger partial charge in [-0.15, -0.1) is 0 Å². The van der Waals surface area contributed by atoms with Crippen molar-refractivity contribution in [3.63, 3.8) is 0 Å². The second kappa shape index (κ2) is 5.38. The van der Waals surface area contributed by atoms with Crippen LogP contribution in [0.5, 0.6) is 0 Å². The summed E-state index contributed by atoms with van der Waals surface area (Å²) in [4.78, 5) is 3.58. The van der Waals surface area contributed by atoms with Crippen molar-refractivity contribution < 1.29 is 0 Å². The molecule has 2 nitrogen and oxygen atoms in total. The predicted octanol–water partition coefficient (Wildman–Crippen LogP) is 1.54. The molecule has 40 valence electrons. The summed E-state index contributed by atoms with van der Waals surface area (Å²) in [5.74, 6) is 0. The number of nitrogens with one attached hydrogen (secondary N) is 1. The average Bonchev–Trinajstić information content (AvgIpc) is 1.69. The quantitative estimate of drug-likeness (QED) is 0.410. The lowest BCUT2D eigenvalue weighted by molar-refractivity contribution is 0.810. The molecule has 0 aliphatic heterocycles. The van der Waals surface area contributed by atoms with Crippen LogP contribution >= 0.6 is 0 Å². The van der Waals surface area contributed by atoms with Crippen LogP contribution in [0.2, 0.25) is 0 Å². The third-order valence-electron chi connectivity index (χ3n) is 0.703. The number of unbranched alkanes of at least 4 members (excludes halogenated alkanes) is 1. The van der Waals surface area contributed by atoms with Gasteiger partial charge in [-0.3, -0.25) is 0 Å². The number of hydrogen-bond donors (Lipinski definition) is 1. The lowest BCUT2D eigenvalue weighted by Crippen LogP contribution is -1.74. The van der Waals surface area contributed by atoms with Gasteiger partial charge in [-0.2, -0.15) is 0 Å². The summed E-state index contributed by atoms with van der Waals surface area (Å²) in [6, 6.07) is 1.98. The summed E-state index contributed by atoms with van der Waals surface area (Å²) in [7, 11) is 0. The Kier molecular flexibility index (Phi) is 4.90. The number of nitrogens with zero attached hydrogens (tertiary/aromatic N) is 1. The van der Waals surface area contributed by atoms with E-state index in [-0.39, 0.29) is 0 Å². The summed E-state index contributed by atoms with van der Waals surface area (Å²) < 4.78 is 0. The maximum atomic E-state index is 6.36. The van der Waals surface area contributed by atoms with E-state index in [1.807, 2.05) is 6.01 Å². The number of rotatable bonds is 3. The first-order chi connectivity index (χ1) is 3.41. The largest absolute Gasteiger partial charge is 0.242 e. The summed E-state index contributed by atoms with van der Waals surface area (Å²) in [6.07, 6.45) is 2.22. The standard InChI is InChI=1S/C5H10N2/c1-2-3-4-7-5-6/h6H,2-4H2,1H3. The van der Waals surface area contributed by atoms with Crippen molar-refractivity contribution in [3.8, 4) is 0 Å². The Morgan fingerprint density at radius 1 is 1.71 bits per heavy atom. The summed E-state index contributed by atoms with van der Waals surface area (Å²) in [5.41, 5.74) is 0. The van der Waals surface area contributed by atoms with Gasteiger partial charge in [-0.05, 0) is 6.42 Å². The molecule has 0 saturated heterocycles. The van der Waals surface area contributed by atoms with Gasteiger partial charge in [0.1, 0.15) is 0 Å². The molecule has 0 amide bonds. The molecule has 0 aromatic rings. The highest BCUT2D eigenvalue weighted by atomic mass is 14.7. The van der Waals surface area contributed by atoms with Crippen LogP contribution in [0.4, 0.5) is 0 Å². The monoisotopic (exact) mass is 98.1 g/mol. The molecule has 0 heterocycles. The van der Waals surface area contributed by atoms with Crippen LogP contribution in [-0.4, -0.2) is 12.6 Å². The Morgan fingerprint density at radius 3 is 2.86 bits per heavy atom. The van der Waals surface area contributed by atoms with E-state index >= 15 is 0 Å². The molecular weight excluding hydrogens is 88.1 g/mol. The minimum Gasteiger partial charge on any atom is -0.242 e. The van der Waals surface area contributed by atoms with Gasteiger partial charge in [-0.1, -0.05) is 13.3 Å². The second-order valence-electron chi connectivity index (χ2n) is 1.35. The molecule has 0 aromatic carbocycles. The topological polar surface area (TPSA) is 36.2 Å². The molecule has 0 aliphatic rings. The van der Waals surface area contributed by atoms with Gasteiger partial charge >= 0.3 is 0 Å². The molecule has 0 unspecified atom stereocenters. The highest BCUT2D eigenvalue weighted by molar-refractivity contribution is 5.35. The fraction of sp³-hybridized carbons (Fsp3) is 0.800. The normalized spacial score (nSPS) is 7.57. The first-order valence-electron chi connectivity index (χ1n) is 2.50. The van der Waals surface area contributed by atoms with E-state index in [2.05, 4.69) is 11.9 Å². The zero-order chi connectivity index (χ0) is 5.54. The lowest BCUT2D eigenvalue weighted by Gasteiger charge is -1.81. The molecule has 2 heteroatoms. The van der Waals surface area contributed by atoms with Gasteiger partial charge in [0.15, 0.2) is 0 Å². The Labute approximate surface area is 43.8 Å². The molecule has 0 spiro atoms. The van der Waals surface area contributed by atoms with Gasteiger partial charge in [0.05, 0.1) is 6.01 Å².